The molecule has 1 rings (SSSR count). The molecule has 1 amide bonds. The summed E-state index contributed by atoms with van der Waals surface area (Å²) in [5, 5.41) is 11.0. The minimum atomic E-state index is -2.01. The molecule has 1 saturated heterocycles. The number of nitrogens with one attached hydrogen (secondary N) is 1. The van der Waals surface area contributed by atoms with Crippen molar-refractivity contribution in [3.8, 4) is 0 Å². The number of carbonyl (C=O) groups is 1. The molecule has 0 spiro atoms. The summed E-state index contributed by atoms with van der Waals surface area (Å²) in [7, 11) is -0.327. The van der Waals surface area contributed by atoms with Crippen molar-refractivity contribution in [3.05, 3.63) is 0 Å². The summed E-state index contributed by atoms with van der Waals surface area (Å²) in [5.41, 5.74) is 0. The lowest BCUT2D eigenvalue weighted by molar-refractivity contribution is 0.184. The average Bonchev–Trinajstić information content (AvgIpc) is 2.21. The van der Waals surface area contributed by atoms with Crippen molar-refractivity contribution in [3.63, 3.8) is 0 Å². The lowest BCUT2D eigenvalue weighted by atomic mass is 10.3. The van der Waals surface area contributed by atoms with E-state index in [1.165, 1.54) is 0 Å². The van der Waals surface area contributed by atoms with Gasteiger partial charge in [0.05, 0.1) is 0 Å². The first-order valence-electron chi connectivity index (χ1n) is 5.38. The van der Waals surface area contributed by atoms with E-state index in [4.69, 9.17) is 5.11 Å². The summed E-state index contributed by atoms with van der Waals surface area (Å²) in [5.74, 6) is 1.45. The molecule has 1 fully saturated rings. The molecule has 7 heteroatoms. The summed E-state index contributed by atoms with van der Waals surface area (Å²) >= 11 is 0. The maximum Gasteiger partial charge on any atom is 0.404 e. The number of carboxylic acid groups (broad SMARTS) is 1. The van der Waals surface area contributed by atoms with Crippen LogP contribution in [0.15, 0.2) is 4.36 Å². The molecule has 1 aliphatic heterocycles. The highest BCUT2D eigenvalue weighted by atomic mass is 32.3. The van der Waals surface area contributed by atoms with Gasteiger partial charge in [0.1, 0.15) is 0 Å². The number of nitrogens with zero attached hydrogens (tertiary/aromatic N) is 2. The van der Waals surface area contributed by atoms with Gasteiger partial charge in [0.2, 0.25) is 0 Å². The van der Waals surface area contributed by atoms with Crippen LogP contribution in [0.1, 0.15) is 6.92 Å². The van der Waals surface area contributed by atoms with E-state index < -0.39 is 16.2 Å². The summed E-state index contributed by atoms with van der Waals surface area (Å²) in [4.78, 5) is 12.6. The van der Waals surface area contributed by atoms with Crippen molar-refractivity contribution in [2.24, 2.45) is 4.36 Å². The van der Waals surface area contributed by atoms with E-state index >= 15 is 0 Å². The Kier molecular flexibility index (Phi) is 4.69. The summed E-state index contributed by atoms with van der Waals surface area (Å²) < 4.78 is 14.1. The first kappa shape index (κ1) is 13.4. The summed E-state index contributed by atoms with van der Waals surface area (Å²) in [6.07, 6.45) is -0.989. The molecule has 1 aliphatic rings. The molecule has 16 heavy (non-hydrogen) atoms. The van der Waals surface area contributed by atoms with Crippen LogP contribution in [0.25, 0.3) is 0 Å². The zero-order valence-electron chi connectivity index (χ0n) is 9.76. The second kappa shape index (κ2) is 5.60. The SMILES string of the molecule is CN=[SH]1(O)CCN(C[C@H](C)NC(=O)O)CC1. The van der Waals surface area contributed by atoms with Crippen LogP contribution in [0.4, 0.5) is 4.79 Å². The normalized spacial score (nSPS) is 24.4. The lowest BCUT2D eigenvalue weighted by Crippen LogP contribution is -2.48. The predicted molar refractivity (Wildman–Crippen MR) is 66.5 cm³/mol. The Labute approximate surface area is 96.9 Å². The molecule has 1 heterocycles. The van der Waals surface area contributed by atoms with Crippen molar-refractivity contribution in [1.82, 2.24) is 10.2 Å². The topological polar surface area (TPSA) is 85.2 Å². The van der Waals surface area contributed by atoms with Crippen molar-refractivity contribution in [1.29, 1.82) is 0 Å². The van der Waals surface area contributed by atoms with Gasteiger partial charge in [-0.3, -0.25) is 9.26 Å². The van der Waals surface area contributed by atoms with Crippen LogP contribution in [-0.2, 0) is 10.1 Å². The zero-order chi connectivity index (χ0) is 12.2. The molecule has 0 radical (unpaired) electrons. The van der Waals surface area contributed by atoms with Crippen molar-refractivity contribution >= 4 is 16.2 Å². The van der Waals surface area contributed by atoms with Crippen LogP contribution >= 0.6 is 0 Å². The van der Waals surface area contributed by atoms with Crippen LogP contribution in [0.5, 0.6) is 0 Å². The second-order valence-electron chi connectivity index (χ2n) is 4.18. The number of amides is 1. The summed E-state index contributed by atoms with van der Waals surface area (Å²) in [6, 6.07) is -0.0828. The van der Waals surface area contributed by atoms with Crippen LogP contribution in [0, 0.1) is 0 Å². The molecule has 96 valence electrons. The Hall–Kier alpha value is -0.660. The monoisotopic (exact) mass is 251 g/mol. The Morgan fingerprint density at radius 2 is 2.12 bits per heavy atom. The lowest BCUT2D eigenvalue weighted by Gasteiger charge is -2.36. The maximum absolute atomic E-state index is 10.4. The van der Waals surface area contributed by atoms with Crippen molar-refractivity contribution < 1.29 is 14.5 Å². The minimum Gasteiger partial charge on any atom is -0.465 e. The smallest absolute Gasteiger partial charge is 0.404 e. The fourth-order valence-corrected chi connectivity index (χ4v) is 3.68. The number of rotatable bonds is 3. The first-order chi connectivity index (χ1) is 7.45. The summed E-state index contributed by atoms with van der Waals surface area (Å²) in [6.45, 7) is 4.13. The standard InChI is InChI=1S/C9H21N3O3S/c1-8(11-9(13)14)7-12-3-5-16(15,10-2)6-4-12/h8,11,16H,3-7H2,1-2H3,(H,10,15)(H,13,14)/t8-/m0/s1. The van der Waals surface area contributed by atoms with E-state index in [0.29, 0.717) is 6.54 Å². The highest BCUT2D eigenvalue weighted by molar-refractivity contribution is 8.00. The fraction of sp³-hybridized carbons (Fsp3) is 0.889. The van der Waals surface area contributed by atoms with E-state index in [9.17, 15) is 9.35 Å². The van der Waals surface area contributed by atoms with Gasteiger partial charge in [0.25, 0.3) is 0 Å². The molecule has 0 unspecified atom stereocenters. The van der Waals surface area contributed by atoms with Gasteiger partial charge in [-0.05, 0) is 6.92 Å². The molecule has 0 bridgehead atoms. The Morgan fingerprint density at radius 1 is 1.56 bits per heavy atom. The van der Waals surface area contributed by atoms with Gasteiger partial charge in [-0.1, -0.05) is 0 Å². The molecule has 0 aromatic rings. The van der Waals surface area contributed by atoms with Crippen LogP contribution in [0.2, 0.25) is 0 Å². The third-order valence-corrected chi connectivity index (χ3v) is 5.40. The highest BCUT2D eigenvalue weighted by Gasteiger charge is 2.21. The molecule has 0 aromatic carbocycles. The molecule has 0 aromatic heterocycles. The average molecular weight is 251 g/mol. The minimum absolute atomic E-state index is 0.0828. The molecule has 1 atom stereocenters. The number of hydrogen-bond acceptors (Lipinski definition) is 3. The van der Waals surface area contributed by atoms with Gasteiger partial charge in [0, 0.05) is 44.2 Å². The Morgan fingerprint density at radius 3 is 2.56 bits per heavy atom. The van der Waals surface area contributed by atoms with Crippen LogP contribution in [-0.4, -0.2) is 64.9 Å². The second-order valence-corrected chi connectivity index (χ2v) is 7.23. The molecule has 6 nitrogen and oxygen atoms in total. The van der Waals surface area contributed by atoms with E-state index in [1.807, 2.05) is 6.92 Å². The van der Waals surface area contributed by atoms with Gasteiger partial charge in [-0.15, -0.1) is 10.1 Å². The largest absolute Gasteiger partial charge is 0.465 e. The fourth-order valence-electron chi connectivity index (χ4n) is 1.85. The predicted octanol–water partition coefficient (Wildman–Crippen LogP) is 0.131. The van der Waals surface area contributed by atoms with E-state index in [0.717, 1.165) is 24.6 Å². The number of hydrogen-bond donors (Lipinski definition) is 4. The highest BCUT2D eigenvalue weighted by Crippen LogP contribution is 2.12. The van der Waals surface area contributed by atoms with Crippen molar-refractivity contribution in [2.75, 3.05) is 38.2 Å². The molecule has 0 aliphatic carbocycles. The van der Waals surface area contributed by atoms with E-state index in [1.54, 1.807) is 7.05 Å². The van der Waals surface area contributed by atoms with E-state index in [-0.39, 0.29) is 6.04 Å². The third-order valence-electron chi connectivity index (χ3n) is 2.82. The van der Waals surface area contributed by atoms with E-state index in [2.05, 4.69) is 14.6 Å². The molecule has 3 N–H and O–H groups in total. The number of thiol groups is 1. The zero-order valence-corrected chi connectivity index (χ0v) is 10.7. The quantitative estimate of drug-likeness (QED) is 0.537. The van der Waals surface area contributed by atoms with Gasteiger partial charge < -0.3 is 15.0 Å². The molecular weight excluding hydrogens is 230 g/mol. The first-order valence-corrected chi connectivity index (χ1v) is 7.45. The Bertz CT molecular complexity index is 296. The van der Waals surface area contributed by atoms with Gasteiger partial charge >= 0.3 is 6.09 Å². The van der Waals surface area contributed by atoms with Crippen molar-refractivity contribution in [2.45, 2.75) is 13.0 Å². The molecular formula is C9H21N3O3S. The third kappa shape index (κ3) is 4.07. The van der Waals surface area contributed by atoms with Crippen LogP contribution < -0.4 is 5.32 Å². The van der Waals surface area contributed by atoms with Gasteiger partial charge in [-0.2, -0.15) is 0 Å². The Balaban J connectivity index is 2.35. The van der Waals surface area contributed by atoms with Crippen LogP contribution in [0.3, 0.4) is 0 Å². The van der Waals surface area contributed by atoms with Gasteiger partial charge in [-0.25, -0.2) is 4.79 Å². The maximum atomic E-state index is 10.4. The van der Waals surface area contributed by atoms with Gasteiger partial charge in [0.15, 0.2) is 0 Å². The molecule has 0 saturated carbocycles.